The first kappa shape index (κ1) is 16.3. The van der Waals surface area contributed by atoms with Crippen LogP contribution in [-0.2, 0) is 4.79 Å². The Morgan fingerprint density at radius 1 is 1.38 bits per heavy atom. The summed E-state index contributed by atoms with van der Waals surface area (Å²) in [6.45, 7) is 0. The molecule has 3 nitrogen and oxygen atoms in total. The molecule has 3 N–H and O–H groups in total. The second-order valence-electron chi connectivity index (χ2n) is 5.18. The van der Waals surface area contributed by atoms with Crippen molar-refractivity contribution in [2.45, 2.75) is 31.6 Å². The number of halogens is 3. The highest BCUT2D eigenvalue weighted by atomic mass is 79.9. The van der Waals surface area contributed by atoms with E-state index in [-0.39, 0.29) is 42.5 Å². The molecule has 114 valence electrons. The quantitative estimate of drug-likeness (QED) is 0.787. The molecule has 2 rings (SSSR count). The zero-order chi connectivity index (χ0) is 15.6. The summed E-state index contributed by atoms with van der Waals surface area (Å²) in [6.07, 6.45) is -0.0396. The maximum Gasteiger partial charge on any atom is 0.248 e. The van der Waals surface area contributed by atoms with E-state index in [9.17, 15) is 13.6 Å². The lowest BCUT2D eigenvalue weighted by Crippen LogP contribution is -2.31. The van der Waals surface area contributed by atoms with Gasteiger partial charge in [0.25, 0.3) is 0 Å². The van der Waals surface area contributed by atoms with E-state index in [1.165, 1.54) is 0 Å². The summed E-state index contributed by atoms with van der Waals surface area (Å²) in [7, 11) is 0. The van der Waals surface area contributed by atoms with E-state index in [0.717, 1.165) is 0 Å². The average molecular weight is 377 g/mol. The van der Waals surface area contributed by atoms with Crippen LogP contribution >= 0.6 is 28.1 Å². The van der Waals surface area contributed by atoms with Crippen LogP contribution in [0.1, 0.15) is 31.2 Å². The standard InChI is InChI=1S/C14H15BrF2N2OS/c15-10-7-9(12(18)21)1-2-11(10)19-13(20)8-3-5-14(16,17)6-4-8/h1-2,7-8H,3-6H2,(H2,18,21)(H,19,20). The fourth-order valence-corrected chi connectivity index (χ4v) is 2.91. The Balaban J connectivity index is 2.02. The van der Waals surface area contributed by atoms with E-state index in [1.54, 1.807) is 18.2 Å². The van der Waals surface area contributed by atoms with Crippen LogP contribution in [0.5, 0.6) is 0 Å². The normalized spacial score (nSPS) is 18.2. The largest absolute Gasteiger partial charge is 0.389 e. The maximum atomic E-state index is 13.1. The predicted octanol–water partition coefficient (Wildman–Crippen LogP) is 3.85. The van der Waals surface area contributed by atoms with Crippen LogP contribution < -0.4 is 11.1 Å². The summed E-state index contributed by atoms with van der Waals surface area (Å²) in [4.78, 5) is 12.4. The van der Waals surface area contributed by atoms with E-state index in [0.29, 0.717) is 15.7 Å². The van der Waals surface area contributed by atoms with Gasteiger partial charge in [-0.2, -0.15) is 0 Å². The van der Waals surface area contributed by atoms with Crippen molar-refractivity contribution >= 4 is 44.7 Å². The smallest absolute Gasteiger partial charge is 0.248 e. The number of nitrogens with two attached hydrogens (primary N) is 1. The van der Waals surface area contributed by atoms with Crippen molar-refractivity contribution in [1.82, 2.24) is 0 Å². The summed E-state index contributed by atoms with van der Waals surface area (Å²) < 4.78 is 26.8. The molecule has 0 unspecified atom stereocenters. The number of benzene rings is 1. The molecule has 1 aliphatic carbocycles. The Morgan fingerprint density at radius 2 is 2.00 bits per heavy atom. The molecular weight excluding hydrogens is 362 g/mol. The summed E-state index contributed by atoms with van der Waals surface area (Å²) in [5.74, 6) is -3.23. The molecule has 1 fully saturated rings. The summed E-state index contributed by atoms with van der Waals surface area (Å²) >= 11 is 8.21. The van der Waals surface area contributed by atoms with Gasteiger partial charge in [0, 0.05) is 28.8 Å². The molecule has 1 amide bonds. The van der Waals surface area contributed by atoms with Crippen molar-refractivity contribution in [3.8, 4) is 0 Å². The van der Waals surface area contributed by atoms with Crippen molar-refractivity contribution in [3.63, 3.8) is 0 Å². The van der Waals surface area contributed by atoms with Gasteiger partial charge in [-0.15, -0.1) is 0 Å². The predicted molar refractivity (Wildman–Crippen MR) is 85.6 cm³/mol. The van der Waals surface area contributed by atoms with Gasteiger partial charge in [-0.3, -0.25) is 4.79 Å². The number of thiocarbonyl (C=S) groups is 1. The number of alkyl halides is 2. The van der Waals surface area contributed by atoms with Crippen molar-refractivity contribution < 1.29 is 13.6 Å². The van der Waals surface area contributed by atoms with Crippen molar-refractivity contribution in [2.24, 2.45) is 11.7 Å². The Morgan fingerprint density at radius 3 is 2.52 bits per heavy atom. The monoisotopic (exact) mass is 376 g/mol. The molecule has 1 aliphatic rings. The molecule has 1 saturated carbocycles. The highest BCUT2D eigenvalue weighted by Gasteiger charge is 2.37. The third-order valence-corrected chi connectivity index (χ3v) is 4.49. The Hall–Kier alpha value is -1.08. The number of rotatable bonds is 3. The molecule has 21 heavy (non-hydrogen) atoms. The van der Waals surface area contributed by atoms with Crippen LogP contribution in [0.2, 0.25) is 0 Å². The first-order valence-electron chi connectivity index (χ1n) is 6.56. The number of carbonyl (C=O) groups is 1. The third-order valence-electron chi connectivity index (χ3n) is 3.60. The fraction of sp³-hybridized carbons (Fsp3) is 0.429. The van der Waals surface area contributed by atoms with E-state index in [2.05, 4.69) is 21.2 Å². The number of hydrogen-bond donors (Lipinski definition) is 2. The van der Waals surface area contributed by atoms with E-state index in [1.807, 2.05) is 0 Å². The Labute approximate surface area is 135 Å². The van der Waals surface area contributed by atoms with Crippen LogP contribution in [-0.4, -0.2) is 16.8 Å². The molecule has 0 radical (unpaired) electrons. The minimum atomic E-state index is -2.63. The SMILES string of the molecule is NC(=S)c1ccc(NC(=O)C2CCC(F)(F)CC2)c(Br)c1. The zero-order valence-corrected chi connectivity index (χ0v) is 13.6. The lowest BCUT2D eigenvalue weighted by atomic mass is 9.86. The lowest BCUT2D eigenvalue weighted by Gasteiger charge is -2.27. The van der Waals surface area contributed by atoms with Gasteiger partial charge in [0.2, 0.25) is 11.8 Å². The van der Waals surface area contributed by atoms with Gasteiger partial charge in [0.15, 0.2) is 0 Å². The van der Waals surface area contributed by atoms with E-state index < -0.39 is 5.92 Å². The maximum absolute atomic E-state index is 13.1. The minimum Gasteiger partial charge on any atom is -0.389 e. The first-order chi connectivity index (χ1) is 9.78. The zero-order valence-electron chi connectivity index (χ0n) is 11.2. The first-order valence-corrected chi connectivity index (χ1v) is 7.77. The number of hydrogen-bond acceptors (Lipinski definition) is 2. The molecule has 0 spiro atoms. The van der Waals surface area contributed by atoms with Crippen molar-refractivity contribution in [2.75, 3.05) is 5.32 Å². The van der Waals surface area contributed by atoms with Crippen LogP contribution in [0.25, 0.3) is 0 Å². The van der Waals surface area contributed by atoms with E-state index in [4.69, 9.17) is 18.0 Å². The molecule has 7 heteroatoms. The van der Waals surface area contributed by atoms with Crippen molar-refractivity contribution in [3.05, 3.63) is 28.2 Å². The molecule has 0 bridgehead atoms. The fourth-order valence-electron chi connectivity index (χ4n) is 2.31. The van der Waals surface area contributed by atoms with Crippen LogP contribution in [0.3, 0.4) is 0 Å². The van der Waals surface area contributed by atoms with Gasteiger partial charge in [-0.05, 0) is 47.0 Å². The van der Waals surface area contributed by atoms with Gasteiger partial charge in [0.05, 0.1) is 5.69 Å². The van der Waals surface area contributed by atoms with Gasteiger partial charge in [0.1, 0.15) is 4.99 Å². The highest BCUT2D eigenvalue weighted by Crippen LogP contribution is 2.36. The Bertz CT molecular complexity index is 570. The molecule has 0 atom stereocenters. The number of nitrogens with one attached hydrogen (secondary N) is 1. The van der Waals surface area contributed by atoms with Crippen LogP contribution in [0, 0.1) is 5.92 Å². The molecular formula is C14H15BrF2N2OS. The van der Waals surface area contributed by atoms with Gasteiger partial charge in [-0.1, -0.05) is 12.2 Å². The van der Waals surface area contributed by atoms with Gasteiger partial charge >= 0.3 is 0 Å². The van der Waals surface area contributed by atoms with Crippen LogP contribution in [0.15, 0.2) is 22.7 Å². The van der Waals surface area contributed by atoms with E-state index >= 15 is 0 Å². The van der Waals surface area contributed by atoms with Crippen molar-refractivity contribution in [1.29, 1.82) is 0 Å². The molecule has 0 saturated heterocycles. The molecule has 0 heterocycles. The molecule has 0 aromatic heterocycles. The Kier molecular flexibility index (Phi) is 4.93. The third kappa shape index (κ3) is 4.20. The lowest BCUT2D eigenvalue weighted by molar-refractivity contribution is -0.124. The van der Waals surface area contributed by atoms with Crippen LogP contribution in [0.4, 0.5) is 14.5 Å². The highest BCUT2D eigenvalue weighted by molar-refractivity contribution is 9.10. The van der Waals surface area contributed by atoms with Gasteiger partial charge < -0.3 is 11.1 Å². The molecule has 1 aromatic carbocycles. The average Bonchev–Trinajstić information content (AvgIpc) is 2.40. The number of amides is 1. The number of anilines is 1. The minimum absolute atomic E-state index is 0.210. The molecule has 1 aromatic rings. The summed E-state index contributed by atoms with van der Waals surface area (Å²) in [6, 6.07) is 5.11. The number of carbonyl (C=O) groups excluding carboxylic acids is 1. The molecule has 0 aliphatic heterocycles. The summed E-state index contributed by atoms with van der Waals surface area (Å²) in [5, 5.41) is 2.76. The topological polar surface area (TPSA) is 55.1 Å². The summed E-state index contributed by atoms with van der Waals surface area (Å²) in [5.41, 5.74) is 6.80. The second kappa shape index (κ2) is 6.36. The van der Waals surface area contributed by atoms with Gasteiger partial charge in [-0.25, -0.2) is 8.78 Å². The second-order valence-corrected chi connectivity index (χ2v) is 6.47.